The molecule has 0 fully saturated rings. The van der Waals surface area contributed by atoms with Gasteiger partial charge in [-0.1, -0.05) is 0 Å². The van der Waals surface area contributed by atoms with Gasteiger partial charge in [0.05, 0.1) is 6.61 Å². The van der Waals surface area contributed by atoms with Crippen LogP contribution in [0.15, 0.2) is 0 Å². The molecule has 0 heterocycles. The van der Waals surface area contributed by atoms with E-state index in [0.29, 0.717) is 13.2 Å². The van der Waals surface area contributed by atoms with E-state index in [4.69, 9.17) is 4.74 Å². The van der Waals surface area contributed by atoms with Gasteiger partial charge in [0.25, 0.3) is 0 Å². The molecule has 2 nitrogen and oxygen atoms in total. The number of hydrogen-bond donors (Lipinski definition) is 1. The minimum atomic E-state index is -0.302. The van der Waals surface area contributed by atoms with E-state index in [0.717, 1.165) is 6.54 Å². The van der Waals surface area contributed by atoms with Crippen LogP contribution in [0.2, 0.25) is 0 Å². The van der Waals surface area contributed by atoms with Gasteiger partial charge in [0, 0.05) is 20.2 Å². The van der Waals surface area contributed by atoms with E-state index in [1.165, 1.54) is 0 Å². The largest absolute Gasteiger partial charge is 0.383 e. The number of halogens is 1. The van der Waals surface area contributed by atoms with Crippen LogP contribution >= 0.6 is 0 Å². The molecule has 1 N–H and O–H groups in total. The van der Waals surface area contributed by atoms with Gasteiger partial charge in [0.1, 0.15) is 6.67 Å². The molecule has 0 aromatic carbocycles. The first-order valence-corrected chi connectivity index (χ1v) is 2.67. The summed E-state index contributed by atoms with van der Waals surface area (Å²) in [7, 11) is 1.62. The van der Waals surface area contributed by atoms with Crippen LogP contribution in [0.25, 0.3) is 0 Å². The van der Waals surface area contributed by atoms with Gasteiger partial charge < -0.3 is 10.1 Å². The molecule has 0 amide bonds. The summed E-state index contributed by atoms with van der Waals surface area (Å²) in [5.41, 5.74) is 0. The highest BCUT2D eigenvalue weighted by Gasteiger charge is 1.82. The van der Waals surface area contributed by atoms with Crippen molar-refractivity contribution in [1.82, 2.24) is 5.32 Å². The fourth-order valence-corrected chi connectivity index (χ4v) is 0.366. The standard InChI is InChI=1S/C5H12FNO/c1-8-5-4-7-3-2-6/h7H,2-5H2,1H3. The lowest BCUT2D eigenvalue weighted by atomic mass is 10.6. The molecule has 0 unspecified atom stereocenters. The fourth-order valence-electron chi connectivity index (χ4n) is 0.366. The predicted octanol–water partition coefficient (Wildman–Crippen LogP) is 0.192. The van der Waals surface area contributed by atoms with Gasteiger partial charge in [-0.2, -0.15) is 0 Å². The Morgan fingerprint density at radius 1 is 1.50 bits per heavy atom. The number of methoxy groups -OCH3 is 1. The van der Waals surface area contributed by atoms with Crippen LogP contribution in [0.5, 0.6) is 0 Å². The number of alkyl halides is 1. The summed E-state index contributed by atoms with van der Waals surface area (Å²) in [4.78, 5) is 0. The van der Waals surface area contributed by atoms with Crippen LogP contribution < -0.4 is 5.32 Å². The van der Waals surface area contributed by atoms with Crippen molar-refractivity contribution in [2.45, 2.75) is 0 Å². The third-order valence-corrected chi connectivity index (χ3v) is 0.754. The van der Waals surface area contributed by atoms with Crippen LogP contribution in [-0.4, -0.2) is 33.5 Å². The molecule has 0 aromatic heterocycles. The molecular weight excluding hydrogens is 109 g/mol. The first-order valence-electron chi connectivity index (χ1n) is 2.67. The van der Waals surface area contributed by atoms with Gasteiger partial charge in [-0.25, -0.2) is 4.39 Å². The molecule has 3 heteroatoms. The van der Waals surface area contributed by atoms with Crippen molar-refractivity contribution in [3.05, 3.63) is 0 Å². The number of nitrogens with one attached hydrogen (secondary N) is 1. The Balaban J connectivity index is 2.53. The van der Waals surface area contributed by atoms with Crippen molar-refractivity contribution >= 4 is 0 Å². The minimum Gasteiger partial charge on any atom is -0.383 e. The molecule has 0 aliphatic carbocycles. The molecule has 0 aliphatic rings. The number of hydrogen-bond acceptors (Lipinski definition) is 2. The number of ether oxygens (including phenoxy) is 1. The average molecular weight is 121 g/mol. The van der Waals surface area contributed by atoms with Crippen molar-refractivity contribution < 1.29 is 9.13 Å². The summed E-state index contributed by atoms with van der Waals surface area (Å²) < 4.78 is 16.0. The van der Waals surface area contributed by atoms with Gasteiger partial charge in [0.15, 0.2) is 0 Å². The Hall–Kier alpha value is -0.150. The Morgan fingerprint density at radius 2 is 2.25 bits per heavy atom. The van der Waals surface area contributed by atoms with E-state index in [1.54, 1.807) is 7.11 Å². The van der Waals surface area contributed by atoms with Crippen molar-refractivity contribution in [2.24, 2.45) is 0 Å². The third-order valence-electron chi connectivity index (χ3n) is 0.754. The topological polar surface area (TPSA) is 21.3 Å². The second kappa shape index (κ2) is 6.85. The third kappa shape index (κ3) is 5.85. The maximum atomic E-state index is 11.3. The normalized spacial score (nSPS) is 9.75. The van der Waals surface area contributed by atoms with Gasteiger partial charge >= 0.3 is 0 Å². The highest BCUT2D eigenvalue weighted by atomic mass is 19.1. The molecule has 0 bridgehead atoms. The highest BCUT2D eigenvalue weighted by Crippen LogP contribution is 1.65. The van der Waals surface area contributed by atoms with E-state index in [1.807, 2.05) is 0 Å². The van der Waals surface area contributed by atoms with E-state index >= 15 is 0 Å². The zero-order valence-electron chi connectivity index (χ0n) is 5.11. The van der Waals surface area contributed by atoms with Crippen molar-refractivity contribution in [3.63, 3.8) is 0 Å². The van der Waals surface area contributed by atoms with Crippen LogP contribution in [0.3, 0.4) is 0 Å². The lowest BCUT2D eigenvalue weighted by Gasteiger charge is -1.97. The maximum Gasteiger partial charge on any atom is 0.102 e. The second-order valence-corrected chi connectivity index (χ2v) is 1.43. The molecular formula is C5H12FNO. The van der Waals surface area contributed by atoms with Crippen LogP contribution in [0.4, 0.5) is 4.39 Å². The van der Waals surface area contributed by atoms with Gasteiger partial charge in [-0.05, 0) is 0 Å². The SMILES string of the molecule is COCCNCCF. The summed E-state index contributed by atoms with van der Waals surface area (Å²) >= 11 is 0. The molecule has 0 saturated heterocycles. The van der Waals surface area contributed by atoms with E-state index < -0.39 is 0 Å². The van der Waals surface area contributed by atoms with Crippen LogP contribution in [-0.2, 0) is 4.74 Å². The van der Waals surface area contributed by atoms with Crippen LogP contribution in [0.1, 0.15) is 0 Å². The molecule has 0 atom stereocenters. The van der Waals surface area contributed by atoms with Gasteiger partial charge in [-0.15, -0.1) is 0 Å². The molecule has 0 spiro atoms. The van der Waals surface area contributed by atoms with Crippen molar-refractivity contribution in [3.8, 4) is 0 Å². The summed E-state index contributed by atoms with van der Waals surface area (Å²) in [5, 5.41) is 2.84. The number of rotatable bonds is 5. The molecule has 8 heavy (non-hydrogen) atoms. The first-order chi connectivity index (χ1) is 3.91. The highest BCUT2D eigenvalue weighted by molar-refractivity contribution is 4.41. The lowest BCUT2D eigenvalue weighted by molar-refractivity contribution is 0.198. The maximum absolute atomic E-state index is 11.3. The van der Waals surface area contributed by atoms with Crippen LogP contribution in [0, 0.1) is 0 Å². The van der Waals surface area contributed by atoms with E-state index in [-0.39, 0.29) is 6.67 Å². The Morgan fingerprint density at radius 3 is 2.75 bits per heavy atom. The smallest absolute Gasteiger partial charge is 0.102 e. The van der Waals surface area contributed by atoms with E-state index in [9.17, 15) is 4.39 Å². The monoisotopic (exact) mass is 121 g/mol. The predicted molar refractivity (Wildman–Crippen MR) is 30.7 cm³/mol. The van der Waals surface area contributed by atoms with Crippen molar-refractivity contribution in [2.75, 3.05) is 33.5 Å². The molecule has 50 valence electrons. The lowest BCUT2D eigenvalue weighted by Crippen LogP contribution is -2.21. The first kappa shape index (κ1) is 7.85. The summed E-state index contributed by atoms with van der Waals surface area (Å²) in [5.74, 6) is 0. The average Bonchev–Trinajstić information content (AvgIpc) is 1.81. The molecule has 0 aliphatic heterocycles. The molecule has 0 radical (unpaired) electrons. The van der Waals surface area contributed by atoms with Gasteiger partial charge in [-0.3, -0.25) is 0 Å². The fraction of sp³-hybridized carbons (Fsp3) is 1.00. The molecule has 0 aromatic rings. The summed E-state index contributed by atoms with van der Waals surface area (Å²) in [6.45, 7) is 1.52. The Labute approximate surface area is 49.0 Å². The van der Waals surface area contributed by atoms with E-state index in [2.05, 4.69) is 5.32 Å². The minimum absolute atomic E-state index is 0.302. The Kier molecular flexibility index (Phi) is 6.72. The summed E-state index contributed by atoms with van der Waals surface area (Å²) in [6.07, 6.45) is 0. The van der Waals surface area contributed by atoms with Crippen molar-refractivity contribution in [1.29, 1.82) is 0 Å². The molecule has 0 saturated carbocycles. The zero-order chi connectivity index (χ0) is 6.24. The van der Waals surface area contributed by atoms with Gasteiger partial charge in [0.2, 0.25) is 0 Å². The molecule has 0 rings (SSSR count). The summed E-state index contributed by atoms with van der Waals surface area (Å²) in [6, 6.07) is 0. The Bertz CT molecular complexity index is 37.4. The quantitative estimate of drug-likeness (QED) is 0.524. The zero-order valence-corrected chi connectivity index (χ0v) is 5.11. The second-order valence-electron chi connectivity index (χ2n) is 1.43.